The number of nitrogens with zero attached hydrogens (tertiary/aromatic N) is 1. The number of rotatable bonds is 6. The van der Waals surface area contributed by atoms with E-state index in [1.807, 2.05) is 20.1 Å². The first-order valence-corrected chi connectivity index (χ1v) is 15.6. The minimum atomic E-state index is -0.210. The van der Waals surface area contributed by atoms with Crippen LogP contribution >= 0.6 is 0 Å². The number of allylic oxidation sites excluding steroid dienone is 1. The lowest BCUT2D eigenvalue weighted by Crippen LogP contribution is -1.98. The van der Waals surface area contributed by atoms with Gasteiger partial charge in [0.25, 0.3) is 0 Å². The molecule has 3 rings (SSSR count). The average molecular weight is 557 g/mol. The van der Waals surface area contributed by atoms with Crippen LogP contribution in [0.15, 0.2) is 78.3 Å². The van der Waals surface area contributed by atoms with Crippen molar-refractivity contribution in [2.24, 2.45) is 10.7 Å². The Balaban J connectivity index is -0.000000282. The number of aliphatic imine (C=N–C) groups is 1. The fourth-order valence-corrected chi connectivity index (χ4v) is 2.67. The second-order valence-corrected chi connectivity index (χ2v) is 9.07. The normalized spacial score (nSPS) is 12.7. The molecule has 0 fully saturated rings. The van der Waals surface area contributed by atoms with Crippen molar-refractivity contribution in [3.63, 3.8) is 0 Å². The van der Waals surface area contributed by atoms with Gasteiger partial charge in [0.15, 0.2) is 0 Å². The molecule has 2 atom stereocenters. The fourth-order valence-electron chi connectivity index (χ4n) is 2.67. The molecule has 1 aliphatic rings. The number of hydrogen-bond acceptors (Lipinski definition) is 2. The number of aryl methyl sites for hydroxylation is 1. The second kappa shape index (κ2) is 34.5. The molecular formula is C37H65FN2. The van der Waals surface area contributed by atoms with E-state index in [0.29, 0.717) is 5.92 Å². The summed E-state index contributed by atoms with van der Waals surface area (Å²) in [5.41, 5.74) is 9.84. The van der Waals surface area contributed by atoms with E-state index in [2.05, 4.69) is 111 Å². The van der Waals surface area contributed by atoms with Crippen LogP contribution in [0, 0.1) is 12.7 Å². The van der Waals surface area contributed by atoms with Crippen LogP contribution in [-0.4, -0.2) is 12.8 Å². The number of unbranched alkanes of at least 4 members (excludes halogenated alkanes) is 2. The van der Waals surface area contributed by atoms with Crippen LogP contribution in [0.4, 0.5) is 4.39 Å². The molecule has 0 bridgehead atoms. The van der Waals surface area contributed by atoms with E-state index in [0.717, 1.165) is 18.5 Å². The maximum Gasteiger partial charge on any atom is 0.123 e. The summed E-state index contributed by atoms with van der Waals surface area (Å²) < 4.78 is 13.0. The lowest BCUT2D eigenvalue weighted by atomic mass is 9.92. The molecule has 0 radical (unpaired) electrons. The first-order chi connectivity index (χ1) is 19.3. The monoisotopic (exact) mass is 557 g/mol. The highest BCUT2D eigenvalue weighted by Gasteiger charge is 2.18. The van der Waals surface area contributed by atoms with E-state index in [-0.39, 0.29) is 11.9 Å². The summed E-state index contributed by atoms with van der Waals surface area (Å²) in [5.74, 6) is 0.108. The number of benzene rings is 2. The van der Waals surface area contributed by atoms with Crippen LogP contribution in [0.1, 0.15) is 136 Å². The number of hydrogen-bond donors (Lipinski definition) is 1. The Morgan fingerprint density at radius 3 is 1.65 bits per heavy atom. The van der Waals surface area contributed by atoms with Gasteiger partial charge in [0.2, 0.25) is 0 Å². The quantitative estimate of drug-likeness (QED) is 0.353. The zero-order valence-electron chi connectivity index (χ0n) is 28.2. The highest BCUT2D eigenvalue weighted by molar-refractivity contribution is 5.84. The van der Waals surface area contributed by atoms with Crippen molar-refractivity contribution in [1.29, 1.82) is 0 Å². The highest BCUT2D eigenvalue weighted by Crippen LogP contribution is 2.32. The van der Waals surface area contributed by atoms with Crippen LogP contribution in [0.25, 0.3) is 0 Å². The third kappa shape index (κ3) is 24.5. The summed E-state index contributed by atoms with van der Waals surface area (Å²) in [6.45, 7) is 30.1. The van der Waals surface area contributed by atoms with Crippen molar-refractivity contribution < 1.29 is 4.39 Å². The van der Waals surface area contributed by atoms with Gasteiger partial charge in [0, 0.05) is 12.1 Å². The summed E-state index contributed by atoms with van der Waals surface area (Å²) in [4.78, 5) is 4.55. The van der Waals surface area contributed by atoms with E-state index in [4.69, 9.17) is 5.73 Å². The van der Waals surface area contributed by atoms with Crippen molar-refractivity contribution in [2.75, 3.05) is 6.54 Å². The predicted molar refractivity (Wildman–Crippen MR) is 184 cm³/mol. The standard InChI is InChI=1S/C19H18FN.2C4H10.C3H9N.C3H8.C2H6.C2H4/c1-13-4-3-5-16(10-13)14(2)17-11-19(21-12-17)15-6-8-18(20)9-7-15;2*1-3-4-2;1-2-3-4;1-3-2;2*1-2/h3-12,14,19H,1-2H3;2*3-4H2,1-2H3;2-4H2,1H3;3H2,1-2H3;1-2H3;1-2H2. The molecule has 0 saturated carbocycles. The Hall–Kier alpha value is -2.52. The minimum absolute atomic E-state index is 0.00728. The van der Waals surface area contributed by atoms with Crippen LogP contribution in [0.3, 0.4) is 0 Å². The van der Waals surface area contributed by atoms with Crippen molar-refractivity contribution in [3.8, 4) is 0 Å². The topological polar surface area (TPSA) is 38.4 Å². The molecule has 3 heteroatoms. The van der Waals surface area contributed by atoms with Crippen molar-refractivity contribution in [3.05, 3.63) is 95.8 Å². The van der Waals surface area contributed by atoms with Crippen LogP contribution in [0.5, 0.6) is 0 Å². The largest absolute Gasteiger partial charge is 0.330 e. The van der Waals surface area contributed by atoms with E-state index in [1.54, 1.807) is 12.1 Å². The van der Waals surface area contributed by atoms with E-state index >= 15 is 0 Å². The highest BCUT2D eigenvalue weighted by atomic mass is 19.1. The fraction of sp³-hybridized carbons (Fsp3) is 0.541. The summed E-state index contributed by atoms with van der Waals surface area (Å²) >= 11 is 0. The van der Waals surface area contributed by atoms with Crippen LogP contribution in [0.2, 0.25) is 0 Å². The molecule has 0 aromatic heterocycles. The Morgan fingerprint density at radius 2 is 1.27 bits per heavy atom. The van der Waals surface area contributed by atoms with Gasteiger partial charge in [0.1, 0.15) is 5.82 Å². The molecule has 2 aromatic rings. The Morgan fingerprint density at radius 1 is 0.825 bits per heavy atom. The van der Waals surface area contributed by atoms with Gasteiger partial charge in [0.05, 0.1) is 6.04 Å². The van der Waals surface area contributed by atoms with Gasteiger partial charge in [-0.1, -0.05) is 149 Å². The van der Waals surface area contributed by atoms with Crippen molar-refractivity contribution in [2.45, 2.75) is 127 Å². The third-order valence-electron chi connectivity index (χ3n) is 5.28. The first-order valence-electron chi connectivity index (χ1n) is 15.6. The van der Waals surface area contributed by atoms with Gasteiger partial charge >= 0.3 is 0 Å². The van der Waals surface area contributed by atoms with Gasteiger partial charge < -0.3 is 5.73 Å². The molecule has 0 aliphatic carbocycles. The molecule has 2 N–H and O–H groups in total. The van der Waals surface area contributed by atoms with Crippen LogP contribution in [-0.2, 0) is 0 Å². The zero-order chi connectivity index (χ0) is 31.8. The van der Waals surface area contributed by atoms with Gasteiger partial charge in [-0.3, -0.25) is 4.99 Å². The zero-order valence-corrected chi connectivity index (χ0v) is 28.2. The molecule has 2 aromatic carbocycles. The van der Waals surface area contributed by atoms with E-state index in [9.17, 15) is 4.39 Å². The Kier molecular flexibility index (Phi) is 38.4. The molecule has 0 amide bonds. The molecule has 0 spiro atoms. The van der Waals surface area contributed by atoms with Gasteiger partial charge in [-0.15, -0.1) is 13.2 Å². The molecule has 40 heavy (non-hydrogen) atoms. The molecule has 0 saturated heterocycles. The molecule has 2 nitrogen and oxygen atoms in total. The Labute approximate surface area is 250 Å². The third-order valence-corrected chi connectivity index (χ3v) is 5.28. The lowest BCUT2D eigenvalue weighted by molar-refractivity contribution is 0.626. The SMILES string of the molecule is C=C.CC.CCC.CCCC.CCCC.CCCN.Cc1cccc(C(C)C2=CC(c3ccc(F)cc3)N=C2)c1. The summed E-state index contributed by atoms with van der Waals surface area (Å²) in [6.07, 6.45) is 11.7. The summed E-state index contributed by atoms with van der Waals surface area (Å²) in [5, 5.41) is 0. The lowest BCUT2D eigenvalue weighted by Gasteiger charge is -2.12. The smallest absolute Gasteiger partial charge is 0.123 e. The number of nitrogens with two attached hydrogens (primary N) is 1. The maximum atomic E-state index is 13.0. The molecule has 230 valence electrons. The molecule has 2 unspecified atom stereocenters. The van der Waals surface area contributed by atoms with E-state index < -0.39 is 0 Å². The minimum Gasteiger partial charge on any atom is -0.330 e. The molecular weight excluding hydrogens is 491 g/mol. The second-order valence-electron chi connectivity index (χ2n) is 9.07. The van der Waals surface area contributed by atoms with E-state index in [1.165, 1.54) is 60.9 Å². The summed E-state index contributed by atoms with van der Waals surface area (Å²) in [6, 6.07) is 15.1. The van der Waals surface area contributed by atoms with Crippen molar-refractivity contribution >= 4 is 6.21 Å². The first kappa shape index (κ1) is 44.5. The molecule has 1 heterocycles. The summed E-state index contributed by atoms with van der Waals surface area (Å²) in [7, 11) is 0. The van der Waals surface area contributed by atoms with Crippen molar-refractivity contribution in [1.82, 2.24) is 0 Å². The Bertz CT molecular complexity index is 809. The van der Waals surface area contributed by atoms with Gasteiger partial charge in [-0.25, -0.2) is 4.39 Å². The van der Waals surface area contributed by atoms with Crippen LogP contribution < -0.4 is 5.73 Å². The van der Waals surface area contributed by atoms with Gasteiger partial charge in [-0.05, 0) is 48.7 Å². The number of halogens is 1. The average Bonchev–Trinajstić information content (AvgIpc) is 3.50. The predicted octanol–water partition coefficient (Wildman–Crippen LogP) is 12.2. The maximum absolute atomic E-state index is 13.0. The van der Waals surface area contributed by atoms with Gasteiger partial charge in [-0.2, -0.15) is 0 Å². The molecule has 1 aliphatic heterocycles.